The SMILES string of the molecule is O=C(Cc1ccccc1)N[C@@H]1C(=O)N2C(C(=O)O)=C(Sc3nccs3)CS[C@@H]12. The highest BCUT2D eigenvalue weighted by atomic mass is 32.2. The van der Waals surface area contributed by atoms with E-state index in [-0.39, 0.29) is 18.0 Å². The molecule has 1 fully saturated rings. The predicted octanol–water partition coefficient (Wildman–Crippen LogP) is 2.17. The summed E-state index contributed by atoms with van der Waals surface area (Å²) in [6, 6.07) is 8.55. The molecule has 1 aromatic heterocycles. The van der Waals surface area contributed by atoms with Gasteiger partial charge in [-0.2, -0.15) is 0 Å². The molecule has 2 aromatic rings. The molecule has 2 atom stereocenters. The molecule has 4 rings (SSSR count). The Morgan fingerprint density at radius 1 is 1.32 bits per heavy atom. The van der Waals surface area contributed by atoms with Crippen molar-refractivity contribution in [2.45, 2.75) is 22.2 Å². The molecule has 1 aromatic carbocycles. The van der Waals surface area contributed by atoms with Crippen LogP contribution in [0.4, 0.5) is 0 Å². The van der Waals surface area contributed by atoms with Crippen molar-refractivity contribution in [1.29, 1.82) is 0 Å². The smallest absolute Gasteiger partial charge is 0.353 e. The number of aliphatic carboxylic acids is 1. The van der Waals surface area contributed by atoms with Crippen LogP contribution in [-0.2, 0) is 20.8 Å². The molecule has 7 nitrogen and oxygen atoms in total. The Balaban J connectivity index is 1.47. The summed E-state index contributed by atoms with van der Waals surface area (Å²) in [5, 5.41) is 13.8. The van der Waals surface area contributed by atoms with E-state index in [2.05, 4.69) is 10.3 Å². The second kappa shape index (κ2) is 7.98. The van der Waals surface area contributed by atoms with Gasteiger partial charge < -0.3 is 10.4 Å². The van der Waals surface area contributed by atoms with Crippen molar-refractivity contribution in [3.05, 3.63) is 58.1 Å². The van der Waals surface area contributed by atoms with E-state index in [1.165, 1.54) is 39.8 Å². The third-order valence-electron chi connectivity index (χ3n) is 4.28. The van der Waals surface area contributed by atoms with Crippen molar-refractivity contribution in [1.82, 2.24) is 15.2 Å². The van der Waals surface area contributed by atoms with Gasteiger partial charge in [0, 0.05) is 22.2 Å². The van der Waals surface area contributed by atoms with Gasteiger partial charge in [0.1, 0.15) is 17.1 Å². The average molecular weight is 434 g/mol. The van der Waals surface area contributed by atoms with Crippen LogP contribution in [0, 0.1) is 0 Å². The highest BCUT2D eigenvalue weighted by Gasteiger charge is 2.54. The summed E-state index contributed by atoms with van der Waals surface area (Å²) in [5.74, 6) is -1.35. The van der Waals surface area contributed by atoms with Crippen molar-refractivity contribution >= 4 is 52.6 Å². The highest BCUT2D eigenvalue weighted by Crippen LogP contribution is 2.45. The fourth-order valence-corrected chi connectivity index (χ4v) is 6.30. The minimum absolute atomic E-state index is 0.0116. The minimum Gasteiger partial charge on any atom is -0.477 e. The molecule has 0 bridgehead atoms. The van der Waals surface area contributed by atoms with Gasteiger partial charge in [0.2, 0.25) is 5.91 Å². The van der Waals surface area contributed by atoms with Gasteiger partial charge in [-0.15, -0.1) is 23.1 Å². The Bertz CT molecular complexity index is 946. The normalized spacial score (nSPS) is 21.1. The molecule has 2 N–H and O–H groups in total. The molecule has 2 aliphatic rings. The number of fused-ring (bicyclic) bond motifs is 1. The lowest BCUT2D eigenvalue weighted by Gasteiger charge is -2.49. The third-order valence-corrected chi connectivity index (χ3v) is 7.71. The Labute approximate surface area is 173 Å². The van der Waals surface area contributed by atoms with Crippen LogP contribution in [0.25, 0.3) is 0 Å². The fraction of sp³-hybridized carbons (Fsp3) is 0.222. The fourth-order valence-electron chi connectivity index (χ4n) is 3.04. The van der Waals surface area contributed by atoms with E-state index in [4.69, 9.17) is 0 Å². The number of nitrogens with one attached hydrogen (secondary N) is 1. The van der Waals surface area contributed by atoms with Crippen LogP contribution in [0.2, 0.25) is 0 Å². The highest BCUT2D eigenvalue weighted by molar-refractivity contribution is 8.07. The molecule has 10 heteroatoms. The van der Waals surface area contributed by atoms with E-state index < -0.39 is 23.3 Å². The number of carbonyl (C=O) groups excluding carboxylic acids is 2. The molecule has 3 heterocycles. The van der Waals surface area contributed by atoms with Gasteiger partial charge in [-0.05, 0) is 5.56 Å². The van der Waals surface area contributed by atoms with E-state index in [0.29, 0.717) is 10.7 Å². The van der Waals surface area contributed by atoms with Crippen molar-refractivity contribution in [3.63, 3.8) is 0 Å². The van der Waals surface area contributed by atoms with Crippen LogP contribution in [0.3, 0.4) is 0 Å². The largest absolute Gasteiger partial charge is 0.477 e. The first kappa shape index (κ1) is 19.0. The lowest BCUT2D eigenvalue weighted by Crippen LogP contribution is -2.70. The predicted molar refractivity (Wildman–Crippen MR) is 108 cm³/mol. The summed E-state index contributed by atoms with van der Waals surface area (Å²) in [6.45, 7) is 0. The monoisotopic (exact) mass is 433 g/mol. The van der Waals surface area contributed by atoms with E-state index in [9.17, 15) is 19.5 Å². The Kier molecular flexibility index (Phi) is 5.42. The number of hydrogen-bond acceptors (Lipinski definition) is 7. The number of thioether (sulfide) groups is 2. The van der Waals surface area contributed by atoms with Crippen LogP contribution >= 0.6 is 34.9 Å². The maximum absolute atomic E-state index is 12.6. The second-order valence-corrected chi connectivity index (χ2v) is 9.44. The van der Waals surface area contributed by atoms with Gasteiger partial charge >= 0.3 is 5.97 Å². The number of carboxylic acid groups (broad SMARTS) is 1. The lowest BCUT2D eigenvalue weighted by molar-refractivity contribution is -0.150. The zero-order valence-corrected chi connectivity index (χ0v) is 16.9. The lowest BCUT2D eigenvalue weighted by atomic mass is 10.0. The zero-order valence-electron chi connectivity index (χ0n) is 14.4. The third kappa shape index (κ3) is 3.67. The first-order valence-corrected chi connectivity index (χ1v) is 11.1. The Morgan fingerprint density at radius 2 is 2.11 bits per heavy atom. The standard InChI is InChI=1S/C18H15N3O4S3/c22-12(8-10-4-2-1-3-5-10)20-13-15(23)21-14(17(24)25)11(9-27-16(13)21)28-18-19-6-7-26-18/h1-7,13,16H,8-9H2,(H,20,22)(H,24,25)/t13-,16+/m1/s1. The maximum Gasteiger partial charge on any atom is 0.353 e. The van der Waals surface area contributed by atoms with E-state index in [0.717, 1.165) is 9.90 Å². The van der Waals surface area contributed by atoms with Gasteiger partial charge in [-0.1, -0.05) is 42.1 Å². The number of β-lactam (4-membered cyclic amide) rings is 1. The number of hydrogen-bond donors (Lipinski definition) is 2. The van der Waals surface area contributed by atoms with Crippen LogP contribution in [0.1, 0.15) is 5.56 Å². The molecule has 2 amide bonds. The van der Waals surface area contributed by atoms with Gasteiger partial charge in [-0.3, -0.25) is 14.5 Å². The first-order chi connectivity index (χ1) is 13.5. The number of carboxylic acids is 1. The molecule has 0 saturated carbocycles. The summed E-state index contributed by atoms with van der Waals surface area (Å²) in [7, 11) is 0. The van der Waals surface area contributed by atoms with Crippen molar-refractivity contribution < 1.29 is 19.5 Å². The number of nitrogens with zero attached hydrogens (tertiary/aromatic N) is 2. The molecule has 2 aliphatic heterocycles. The number of aromatic nitrogens is 1. The number of rotatable bonds is 6. The molecule has 144 valence electrons. The summed E-state index contributed by atoms with van der Waals surface area (Å²) in [5.41, 5.74) is 0.843. The van der Waals surface area contributed by atoms with Gasteiger partial charge in [0.05, 0.1) is 6.42 Å². The molecule has 0 aliphatic carbocycles. The van der Waals surface area contributed by atoms with Crippen LogP contribution in [-0.4, -0.2) is 49.9 Å². The maximum atomic E-state index is 12.6. The number of thiazole rings is 1. The second-order valence-electron chi connectivity index (χ2n) is 6.09. The summed E-state index contributed by atoms with van der Waals surface area (Å²) in [4.78, 5) is 42.8. The summed E-state index contributed by atoms with van der Waals surface area (Å²) < 4.78 is 0.730. The summed E-state index contributed by atoms with van der Waals surface area (Å²) >= 11 is 4.14. The van der Waals surface area contributed by atoms with Gasteiger partial charge in [-0.25, -0.2) is 9.78 Å². The van der Waals surface area contributed by atoms with Crippen molar-refractivity contribution in [2.24, 2.45) is 0 Å². The number of amides is 2. The van der Waals surface area contributed by atoms with Crippen molar-refractivity contribution in [3.8, 4) is 0 Å². The van der Waals surface area contributed by atoms with Gasteiger partial charge in [0.15, 0.2) is 4.34 Å². The quantitative estimate of drug-likeness (QED) is 0.674. The topological polar surface area (TPSA) is 99.6 Å². The first-order valence-electron chi connectivity index (χ1n) is 8.36. The van der Waals surface area contributed by atoms with Crippen LogP contribution in [0.15, 0.2) is 56.9 Å². The van der Waals surface area contributed by atoms with Gasteiger partial charge in [0.25, 0.3) is 5.91 Å². The van der Waals surface area contributed by atoms with E-state index in [1.807, 2.05) is 35.7 Å². The minimum atomic E-state index is -1.15. The molecular weight excluding hydrogens is 418 g/mol. The van der Waals surface area contributed by atoms with E-state index >= 15 is 0 Å². The Morgan fingerprint density at radius 3 is 2.79 bits per heavy atom. The zero-order chi connectivity index (χ0) is 19.7. The molecule has 28 heavy (non-hydrogen) atoms. The molecule has 0 spiro atoms. The average Bonchev–Trinajstić information content (AvgIpc) is 3.19. The number of benzene rings is 1. The van der Waals surface area contributed by atoms with Crippen LogP contribution in [0.5, 0.6) is 0 Å². The number of carbonyl (C=O) groups is 3. The molecule has 1 saturated heterocycles. The van der Waals surface area contributed by atoms with E-state index in [1.54, 1.807) is 6.20 Å². The molecular formula is C18H15N3O4S3. The molecule has 0 unspecified atom stereocenters. The van der Waals surface area contributed by atoms with Crippen LogP contribution < -0.4 is 5.32 Å². The molecule has 0 radical (unpaired) electrons. The Hall–Kier alpha value is -2.30. The van der Waals surface area contributed by atoms with Crippen molar-refractivity contribution in [2.75, 3.05) is 5.75 Å². The summed E-state index contributed by atoms with van der Waals surface area (Å²) in [6.07, 6.45) is 1.83.